The van der Waals surface area contributed by atoms with Crippen LogP contribution in [-0.4, -0.2) is 21.6 Å². The second kappa shape index (κ2) is 6.54. The number of halogens is 1. The van der Waals surface area contributed by atoms with Crippen LogP contribution in [0.25, 0.3) is 11.0 Å². The number of nitrogens with zero attached hydrogens (tertiary/aromatic N) is 2. The van der Waals surface area contributed by atoms with Gasteiger partial charge in [0.15, 0.2) is 0 Å². The lowest BCUT2D eigenvalue weighted by Crippen LogP contribution is -2.30. The third-order valence-electron chi connectivity index (χ3n) is 4.56. The molecule has 1 aromatic heterocycles. The van der Waals surface area contributed by atoms with Gasteiger partial charge in [0, 0.05) is 5.70 Å². The van der Waals surface area contributed by atoms with Gasteiger partial charge < -0.3 is 10.1 Å². The Labute approximate surface area is 156 Å². The van der Waals surface area contributed by atoms with E-state index in [4.69, 9.17) is 4.74 Å². The van der Waals surface area contributed by atoms with Crippen LogP contribution in [0, 0.1) is 5.82 Å². The second-order valence-corrected chi connectivity index (χ2v) is 6.87. The summed E-state index contributed by atoms with van der Waals surface area (Å²) in [5.41, 5.74) is 3.42. The highest BCUT2D eigenvalue weighted by molar-refractivity contribution is 5.94. The first kappa shape index (κ1) is 17.3. The van der Waals surface area contributed by atoms with Crippen molar-refractivity contribution in [1.82, 2.24) is 9.55 Å². The molecule has 0 spiro atoms. The lowest BCUT2D eigenvalue weighted by atomic mass is 9.95. The number of hydrogen-bond acceptors (Lipinski definition) is 4. The maximum Gasteiger partial charge on any atom is 0.338 e. The molecule has 0 aliphatic carbocycles. The summed E-state index contributed by atoms with van der Waals surface area (Å²) in [4.78, 5) is 17.5. The Morgan fingerprint density at radius 1 is 1.22 bits per heavy atom. The Morgan fingerprint density at radius 2 is 2.00 bits per heavy atom. The first-order valence-electron chi connectivity index (χ1n) is 8.87. The predicted octanol–water partition coefficient (Wildman–Crippen LogP) is 4.42. The highest BCUT2D eigenvalue weighted by Gasteiger charge is 2.35. The number of imidazole rings is 1. The van der Waals surface area contributed by atoms with Gasteiger partial charge in [-0.15, -0.1) is 0 Å². The standard InChI is InChI=1S/C21H20FN3O2/c1-12(2)27-20(26)18-13(3)23-21-24-16-9-4-5-10-17(16)25(21)19(18)14-7-6-8-15(22)11-14/h4-12,19H,1-3H3,(H,23,24)/t19-/m1/s1. The fourth-order valence-corrected chi connectivity index (χ4v) is 3.50. The number of nitrogens with one attached hydrogen (secondary N) is 1. The zero-order valence-corrected chi connectivity index (χ0v) is 15.4. The summed E-state index contributed by atoms with van der Waals surface area (Å²) in [5, 5.41) is 3.20. The number of rotatable bonds is 3. The largest absolute Gasteiger partial charge is 0.459 e. The monoisotopic (exact) mass is 365 g/mol. The molecule has 1 atom stereocenters. The molecule has 1 aliphatic heterocycles. The van der Waals surface area contributed by atoms with Crippen molar-refractivity contribution in [3.63, 3.8) is 0 Å². The minimum atomic E-state index is -0.532. The molecule has 1 N–H and O–H groups in total. The van der Waals surface area contributed by atoms with Gasteiger partial charge in [0.1, 0.15) is 5.82 Å². The van der Waals surface area contributed by atoms with Gasteiger partial charge in [-0.2, -0.15) is 0 Å². The number of aromatic nitrogens is 2. The number of fused-ring (bicyclic) bond motifs is 3. The van der Waals surface area contributed by atoms with Crippen LogP contribution in [0.1, 0.15) is 32.4 Å². The van der Waals surface area contributed by atoms with E-state index < -0.39 is 12.0 Å². The van der Waals surface area contributed by atoms with Crippen molar-refractivity contribution in [1.29, 1.82) is 0 Å². The van der Waals surface area contributed by atoms with E-state index in [-0.39, 0.29) is 11.9 Å². The molecule has 3 aromatic rings. The minimum absolute atomic E-state index is 0.258. The number of anilines is 1. The molecule has 0 bridgehead atoms. The van der Waals surface area contributed by atoms with E-state index in [1.807, 2.05) is 41.8 Å². The maximum absolute atomic E-state index is 14.0. The number of ether oxygens (including phenoxy) is 1. The quantitative estimate of drug-likeness (QED) is 0.698. The smallest absolute Gasteiger partial charge is 0.338 e. The summed E-state index contributed by atoms with van der Waals surface area (Å²) in [6.07, 6.45) is -0.258. The van der Waals surface area contributed by atoms with Gasteiger partial charge >= 0.3 is 5.97 Å². The van der Waals surface area contributed by atoms with Crippen molar-refractivity contribution < 1.29 is 13.9 Å². The minimum Gasteiger partial charge on any atom is -0.459 e. The number of allylic oxidation sites excluding steroid dienone is 1. The van der Waals surface area contributed by atoms with Crippen molar-refractivity contribution in [2.75, 3.05) is 5.32 Å². The summed E-state index contributed by atoms with van der Waals surface area (Å²) in [5.74, 6) is -0.164. The fourth-order valence-electron chi connectivity index (χ4n) is 3.50. The Balaban J connectivity index is 1.97. The van der Waals surface area contributed by atoms with Gasteiger partial charge in [-0.1, -0.05) is 24.3 Å². The van der Waals surface area contributed by atoms with E-state index in [2.05, 4.69) is 10.3 Å². The van der Waals surface area contributed by atoms with Crippen LogP contribution < -0.4 is 5.32 Å². The number of para-hydroxylation sites is 2. The first-order chi connectivity index (χ1) is 13.0. The SMILES string of the molecule is CC1=C(C(=O)OC(C)C)[C@@H](c2cccc(F)c2)n2c(nc3ccccc32)N1. The van der Waals surface area contributed by atoms with E-state index in [9.17, 15) is 9.18 Å². The molecule has 2 heterocycles. The number of hydrogen-bond donors (Lipinski definition) is 1. The van der Waals surface area contributed by atoms with E-state index in [1.165, 1.54) is 12.1 Å². The Hall–Kier alpha value is -3.15. The van der Waals surface area contributed by atoms with Crippen LogP contribution in [0.3, 0.4) is 0 Å². The van der Waals surface area contributed by atoms with E-state index >= 15 is 0 Å². The number of esters is 1. The molecule has 0 fully saturated rings. The van der Waals surface area contributed by atoms with Gasteiger partial charge in [0.25, 0.3) is 0 Å². The zero-order valence-electron chi connectivity index (χ0n) is 15.4. The lowest BCUT2D eigenvalue weighted by Gasteiger charge is -2.30. The van der Waals surface area contributed by atoms with Crippen molar-refractivity contribution in [3.05, 3.63) is 71.2 Å². The molecule has 27 heavy (non-hydrogen) atoms. The molecule has 0 radical (unpaired) electrons. The van der Waals surface area contributed by atoms with Gasteiger partial charge in [-0.25, -0.2) is 14.2 Å². The van der Waals surface area contributed by atoms with Crippen molar-refractivity contribution in [2.45, 2.75) is 32.9 Å². The maximum atomic E-state index is 14.0. The molecule has 0 saturated carbocycles. The van der Waals surface area contributed by atoms with Crippen LogP contribution >= 0.6 is 0 Å². The normalized spacial score (nSPS) is 16.4. The summed E-state index contributed by atoms with van der Waals surface area (Å²) >= 11 is 0. The zero-order chi connectivity index (χ0) is 19.1. The first-order valence-corrected chi connectivity index (χ1v) is 8.87. The second-order valence-electron chi connectivity index (χ2n) is 6.87. The highest BCUT2D eigenvalue weighted by atomic mass is 19.1. The summed E-state index contributed by atoms with van der Waals surface area (Å²) < 4.78 is 21.4. The topological polar surface area (TPSA) is 56.2 Å². The number of benzene rings is 2. The van der Waals surface area contributed by atoms with E-state index in [0.29, 0.717) is 22.8 Å². The molecule has 0 saturated heterocycles. The molecule has 138 valence electrons. The van der Waals surface area contributed by atoms with Gasteiger partial charge in [-0.3, -0.25) is 4.57 Å². The summed E-state index contributed by atoms with van der Waals surface area (Å²) in [7, 11) is 0. The van der Waals surface area contributed by atoms with Crippen LogP contribution in [-0.2, 0) is 9.53 Å². The molecule has 1 aliphatic rings. The number of carbonyl (C=O) groups excluding carboxylic acids is 1. The third-order valence-corrected chi connectivity index (χ3v) is 4.56. The average molecular weight is 365 g/mol. The predicted molar refractivity (Wildman–Crippen MR) is 102 cm³/mol. The molecule has 4 rings (SSSR count). The highest BCUT2D eigenvalue weighted by Crippen LogP contribution is 2.39. The molecule has 0 amide bonds. The van der Waals surface area contributed by atoms with Crippen molar-refractivity contribution in [2.24, 2.45) is 0 Å². The number of carbonyl (C=O) groups is 1. The van der Waals surface area contributed by atoms with Crippen molar-refractivity contribution >= 4 is 23.0 Å². The molecule has 6 heteroatoms. The van der Waals surface area contributed by atoms with Gasteiger partial charge in [0.2, 0.25) is 5.95 Å². The molecule has 5 nitrogen and oxygen atoms in total. The Kier molecular flexibility index (Phi) is 4.18. The summed E-state index contributed by atoms with van der Waals surface area (Å²) in [6, 6.07) is 13.4. The lowest BCUT2D eigenvalue weighted by molar-refractivity contribution is -0.143. The van der Waals surface area contributed by atoms with Crippen LogP contribution in [0.4, 0.5) is 10.3 Å². The van der Waals surface area contributed by atoms with Crippen molar-refractivity contribution in [3.8, 4) is 0 Å². The van der Waals surface area contributed by atoms with Gasteiger partial charge in [-0.05, 0) is 50.6 Å². The van der Waals surface area contributed by atoms with E-state index in [1.54, 1.807) is 19.9 Å². The fraction of sp³-hybridized carbons (Fsp3) is 0.238. The Morgan fingerprint density at radius 3 is 2.74 bits per heavy atom. The van der Waals surface area contributed by atoms with Crippen LogP contribution in [0.5, 0.6) is 0 Å². The van der Waals surface area contributed by atoms with Crippen LogP contribution in [0.15, 0.2) is 59.8 Å². The Bertz CT molecular complexity index is 1070. The molecule has 0 unspecified atom stereocenters. The third kappa shape index (κ3) is 2.97. The molecular formula is C21H20FN3O2. The molecule has 2 aromatic carbocycles. The van der Waals surface area contributed by atoms with E-state index in [0.717, 1.165) is 11.0 Å². The summed E-state index contributed by atoms with van der Waals surface area (Å²) in [6.45, 7) is 5.42. The molecular weight excluding hydrogens is 345 g/mol. The van der Waals surface area contributed by atoms with Gasteiger partial charge in [0.05, 0.1) is 28.8 Å². The average Bonchev–Trinajstić information content (AvgIpc) is 2.97. The van der Waals surface area contributed by atoms with Crippen LogP contribution in [0.2, 0.25) is 0 Å².